The van der Waals surface area contributed by atoms with Crippen molar-refractivity contribution in [3.8, 4) is 0 Å². The molecule has 2 aromatic carbocycles. The van der Waals surface area contributed by atoms with Crippen LogP contribution in [0.4, 0.5) is 11.4 Å². The van der Waals surface area contributed by atoms with Crippen LogP contribution in [0.3, 0.4) is 0 Å². The molecule has 6 nitrogen and oxygen atoms in total. The van der Waals surface area contributed by atoms with Gasteiger partial charge in [0.25, 0.3) is 0 Å². The molecule has 2 rings (SSSR count). The van der Waals surface area contributed by atoms with Gasteiger partial charge in [0.05, 0.1) is 12.7 Å². The zero-order valence-corrected chi connectivity index (χ0v) is 15.0. The highest BCUT2D eigenvalue weighted by Gasteiger charge is 2.14. The molecule has 0 aromatic heterocycles. The number of para-hydroxylation sites is 1. The number of anilines is 2. The van der Waals surface area contributed by atoms with Gasteiger partial charge in [-0.05, 0) is 35.7 Å². The summed E-state index contributed by atoms with van der Waals surface area (Å²) >= 11 is 0. The van der Waals surface area contributed by atoms with Crippen LogP contribution < -0.4 is 10.6 Å². The number of esters is 1. The highest BCUT2D eigenvalue weighted by molar-refractivity contribution is 6.08. The summed E-state index contributed by atoms with van der Waals surface area (Å²) in [4.78, 5) is 35.8. The average Bonchev–Trinajstić information content (AvgIpc) is 2.61. The maximum atomic E-state index is 12.2. The molecule has 2 aromatic rings. The Morgan fingerprint density at radius 2 is 1.65 bits per heavy atom. The summed E-state index contributed by atoms with van der Waals surface area (Å²) < 4.78 is 4.64. The van der Waals surface area contributed by atoms with Crippen molar-refractivity contribution in [1.29, 1.82) is 0 Å². The number of carbonyl (C=O) groups is 3. The lowest BCUT2D eigenvalue weighted by molar-refractivity contribution is -0.123. The molecule has 0 saturated carbocycles. The first-order valence-corrected chi connectivity index (χ1v) is 8.27. The first-order chi connectivity index (χ1) is 12.4. The Kier molecular flexibility index (Phi) is 6.49. The molecule has 2 amide bonds. The second-order valence-corrected chi connectivity index (χ2v) is 6.09. The molecule has 0 heterocycles. The van der Waals surface area contributed by atoms with Crippen molar-refractivity contribution in [3.05, 3.63) is 59.7 Å². The molecule has 0 unspecified atom stereocenters. The van der Waals surface area contributed by atoms with Gasteiger partial charge in [0, 0.05) is 11.4 Å². The summed E-state index contributed by atoms with van der Waals surface area (Å²) in [5.41, 5.74) is 2.45. The Hall–Kier alpha value is -3.15. The predicted molar refractivity (Wildman–Crippen MR) is 100 cm³/mol. The standard InChI is InChI=1S/C20H22N2O4/c1-13(2)16-9-4-5-10-17(16)22-19(24)12-18(23)21-15-8-6-7-14(11-15)20(25)26-3/h4-11,13H,12H2,1-3H3,(H,21,23)(H,22,24). The monoisotopic (exact) mass is 354 g/mol. The quantitative estimate of drug-likeness (QED) is 0.613. The van der Waals surface area contributed by atoms with Crippen molar-refractivity contribution >= 4 is 29.2 Å². The Bertz CT molecular complexity index is 815. The van der Waals surface area contributed by atoms with E-state index in [1.165, 1.54) is 13.2 Å². The zero-order chi connectivity index (χ0) is 19.1. The number of methoxy groups -OCH3 is 1. The van der Waals surface area contributed by atoms with Crippen molar-refractivity contribution in [1.82, 2.24) is 0 Å². The first kappa shape index (κ1) is 19.2. The van der Waals surface area contributed by atoms with Gasteiger partial charge in [0.1, 0.15) is 6.42 Å². The molecule has 2 N–H and O–H groups in total. The number of hydrogen-bond acceptors (Lipinski definition) is 4. The largest absolute Gasteiger partial charge is 0.465 e. The summed E-state index contributed by atoms with van der Waals surface area (Å²) in [7, 11) is 1.28. The minimum absolute atomic E-state index is 0.251. The van der Waals surface area contributed by atoms with E-state index in [9.17, 15) is 14.4 Å². The Morgan fingerprint density at radius 3 is 2.35 bits per heavy atom. The van der Waals surface area contributed by atoms with Gasteiger partial charge < -0.3 is 15.4 Å². The molecular weight excluding hydrogens is 332 g/mol. The molecule has 0 aliphatic carbocycles. The van der Waals surface area contributed by atoms with Crippen molar-refractivity contribution < 1.29 is 19.1 Å². The van der Waals surface area contributed by atoms with Crippen molar-refractivity contribution in [2.75, 3.05) is 17.7 Å². The fraction of sp³-hybridized carbons (Fsp3) is 0.250. The second kappa shape index (κ2) is 8.80. The summed E-state index contributed by atoms with van der Waals surface area (Å²) in [6, 6.07) is 13.8. The number of ether oxygens (including phenoxy) is 1. The van der Waals surface area contributed by atoms with Gasteiger partial charge in [-0.15, -0.1) is 0 Å². The van der Waals surface area contributed by atoms with Crippen molar-refractivity contribution in [2.24, 2.45) is 0 Å². The maximum Gasteiger partial charge on any atom is 0.337 e. The van der Waals surface area contributed by atoms with Crippen molar-refractivity contribution in [3.63, 3.8) is 0 Å². The van der Waals surface area contributed by atoms with Crippen LogP contribution in [0.5, 0.6) is 0 Å². The summed E-state index contributed by atoms with van der Waals surface area (Å²) in [5, 5.41) is 5.38. The topological polar surface area (TPSA) is 84.5 Å². The zero-order valence-electron chi connectivity index (χ0n) is 15.0. The van der Waals surface area contributed by atoms with E-state index >= 15 is 0 Å². The molecule has 26 heavy (non-hydrogen) atoms. The number of rotatable bonds is 6. The lowest BCUT2D eigenvalue weighted by atomic mass is 10.0. The van der Waals surface area contributed by atoms with E-state index in [4.69, 9.17) is 0 Å². The van der Waals surface area contributed by atoms with Gasteiger partial charge in [-0.25, -0.2) is 4.79 Å². The Balaban J connectivity index is 1.98. The van der Waals surface area contributed by atoms with Gasteiger partial charge in [0.15, 0.2) is 0 Å². The van der Waals surface area contributed by atoms with E-state index in [1.54, 1.807) is 18.2 Å². The fourth-order valence-corrected chi connectivity index (χ4v) is 2.50. The van der Waals surface area contributed by atoms with Crippen LogP contribution in [0.15, 0.2) is 48.5 Å². The molecule has 0 aliphatic rings. The number of nitrogens with one attached hydrogen (secondary N) is 2. The van der Waals surface area contributed by atoms with Gasteiger partial charge in [-0.1, -0.05) is 38.1 Å². The van der Waals surface area contributed by atoms with Crippen LogP contribution in [0.1, 0.15) is 42.1 Å². The molecule has 0 bridgehead atoms. The summed E-state index contributed by atoms with van der Waals surface area (Å²) in [6.07, 6.45) is -0.325. The maximum absolute atomic E-state index is 12.2. The summed E-state index contributed by atoms with van der Waals surface area (Å²) in [6.45, 7) is 4.07. The number of hydrogen-bond donors (Lipinski definition) is 2. The third-order valence-corrected chi connectivity index (χ3v) is 3.75. The lowest BCUT2D eigenvalue weighted by Gasteiger charge is -2.13. The van der Waals surface area contributed by atoms with E-state index in [2.05, 4.69) is 15.4 Å². The molecule has 0 radical (unpaired) electrons. The molecule has 6 heteroatoms. The van der Waals surface area contributed by atoms with Gasteiger partial charge in [-0.2, -0.15) is 0 Å². The van der Waals surface area contributed by atoms with Crippen LogP contribution in [-0.2, 0) is 14.3 Å². The van der Waals surface area contributed by atoms with Crippen LogP contribution in [-0.4, -0.2) is 24.9 Å². The number of benzene rings is 2. The second-order valence-electron chi connectivity index (χ2n) is 6.09. The fourth-order valence-electron chi connectivity index (χ4n) is 2.50. The predicted octanol–water partition coefficient (Wildman–Crippen LogP) is 3.56. The van der Waals surface area contributed by atoms with E-state index in [-0.39, 0.29) is 12.3 Å². The lowest BCUT2D eigenvalue weighted by Crippen LogP contribution is -2.22. The molecule has 136 valence electrons. The van der Waals surface area contributed by atoms with Crippen LogP contribution in [0, 0.1) is 0 Å². The average molecular weight is 354 g/mol. The third-order valence-electron chi connectivity index (χ3n) is 3.75. The number of carbonyl (C=O) groups excluding carboxylic acids is 3. The van der Waals surface area contributed by atoms with Crippen LogP contribution in [0.2, 0.25) is 0 Å². The van der Waals surface area contributed by atoms with E-state index < -0.39 is 17.8 Å². The first-order valence-electron chi connectivity index (χ1n) is 8.27. The van der Waals surface area contributed by atoms with E-state index in [0.717, 1.165) is 5.56 Å². The molecule has 0 spiro atoms. The van der Waals surface area contributed by atoms with E-state index in [0.29, 0.717) is 16.9 Å². The van der Waals surface area contributed by atoms with Gasteiger partial charge in [0.2, 0.25) is 11.8 Å². The normalized spacial score (nSPS) is 10.3. The number of amides is 2. The minimum atomic E-state index is -0.496. The molecule has 0 atom stereocenters. The van der Waals surface area contributed by atoms with E-state index in [1.807, 2.05) is 38.1 Å². The van der Waals surface area contributed by atoms with Crippen molar-refractivity contribution in [2.45, 2.75) is 26.2 Å². The Labute approximate surface area is 152 Å². The Morgan fingerprint density at radius 1 is 0.962 bits per heavy atom. The SMILES string of the molecule is COC(=O)c1cccc(NC(=O)CC(=O)Nc2ccccc2C(C)C)c1. The smallest absolute Gasteiger partial charge is 0.337 e. The highest BCUT2D eigenvalue weighted by atomic mass is 16.5. The van der Waals surface area contributed by atoms with Crippen LogP contribution >= 0.6 is 0 Å². The molecule has 0 aliphatic heterocycles. The molecular formula is C20H22N2O4. The third kappa shape index (κ3) is 5.17. The molecule has 0 saturated heterocycles. The minimum Gasteiger partial charge on any atom is -0.465 e. The molecule has 0 fully saturated rings. The van der Waals surface area contributed by atoms with Gasteiger partial charge in [-0.3, -0.25) is 9.59 Å². The summed E-state index contributed by atoms with van der Waals surface area (Å²) in [5.74, 6) is -1.11. The highest BCUT2D eigenvalue weighted by Crippen LogP contribution is 2.23. The van der Waals surface area contributed by atoms with Crippen LogP contribution in [0.25, 0.3) is 0 Å². The van der Waals surface area contributed by atoms with Gasteiger partial charge >= 0.3 is 5.97 Å².